The van der Waals surface area contributed by atoms with Crippen molar-refractivity contribution in [1.82, 2.24) is 10.6 Å². The van der Waals surface area contributed by atoms with Crippen molar-refractivity contribution in [3.63, 3.8) is 0 Å². The highest BCUT2D eigenvalue weighted by Crippen LogP contribution is 1.91. The van der Waals surface area contributed by atoms with Crippen molar-refractivity contribution in [3.8, 4) is 0 Å². The first-order chi connectivity index (χ1) is 6.97. The Hall–Kier alpha value is -1.14. The number of hydrogen-bond acceptors (Lipinski definition) is 4. The lowest BCUT2D eigenvalue weighted by Crippen LogP contribution is -2.45. The van der Waals surface area contributed by atoms with Crippen molar-refractivity contribution in [2.45, 2.75) is 32.4 Å². The van der Waals surface area contributed by atoms with E-state index in [1.165, 1.54) is 0 Å². The van der Waals surface area contributed by atoms with Crippen LogP contribution in [0.1, 0.15) is 20.3 Å². The molecule has 0 aromatic heterocycles. The van der Waals surface area contributed by atoms with Gasteiger partial charge < -0.3 is 20.8 Å². The van der Waals surface area contributed by atoms with Gasteiger partial charge in [0.2, 0.25) is 5.91 Å². The molecule has 0 aromatic rings. The topological polar surface area (TPSA) is 98.7 Å². The molecule has 4 N–H and O–H groups in total. The molecule has 1 atom stereocenters. The van der Waals surface area contributed by atoms with Gasteiger partial charge in [-0.25, -0.2) is 4.79 Å². The maximum atomic E-state index is 11.2. The Bertz CT molecular complexity index is 218. The zero-order chi connectivity index (χ0) is 11.8. The molecule has 0 aliphatic carbocycles. The van der Waals surface area contributed by atoms with Crippen molar-refractivity contribution < 1.29 is 19.8 Å². The van der Waals surface area contributed by atoms with Gasteiger partial charge in [-0.2, -0.15) is 0 Å². The van der Waals surface area contributed by atoms with Crippen LogP contribution in [0.25, 0.3) is 0 Å². The highest BCUT2D eigenvalue weighted by molar-refractivity contribution is 5.84. The van der Waals surface area contributed by atoms with E-state index in [4.69, 9.17) is 10.2 Å². The maximum absolute atomic E-state index is 11.2. The number of carbonyl (C=O) groups is 2. The van der Waals surface area contributed by atoms with E-state index < -0.39 is 12.0 Å². The third-order valence-electron chi connectivity index (χ3n) is 1.72. The number of aliphatic hydroxyl groups is 1. The van der Waals surface area contributed by atoms with Crippen LogP contribution in [0.5, 0.6) is 0 Å². The quantitative estimate of drug-likeness (QED) is 0.436. The van der Waals surface area contributed by atoms with Crippen LogP contribution < -0.4 is 10.6 Å². The summed E-state index contributed by atoms with van der Waals surface area (Å²) in [5.41, 5.74) is 0. The molecule has 0 rings (SSSR count). The van der Waals surface area contributed by atoms with Gasteiger partial charge >= 0.3 is 5.97 Å². The zero-order valence-corrected chi connectivity index (χ0v) is 8.99. The molecule has 0 bridgehead atoms. The van der Waals surface area contributed by atoms with Gasteiger partial charge in [-0.15, -0.1) is 0 Å². The largest absolute Gasteiger partial charge is 0.480 e. The molecule has 1 unspecified atom stereocenters. The lowest BCUT2D eigenvalue weighted by Gasteiger charge is -2.14. The van der Waals surface area contributed by atoms with Crippen molar-refractivity contribution in [2.24, 2.45) is 0 Å². The molecule has 6 heteroatoms. The van der Waals surface area contributed by atoms with Crippen LogP contribution in [0.4, 0.5) is 0 Å². The Morgan fingerprint density at radius 2 is 1.93 bits per heavy atom. The minimum Gasteiger partial charge on any atom is -0.480 e. The standard InChI is InChI=1S/C9H18N2O4/c1-6(2)10-5-8(13)11-7(3-4-12)9(14)15/h6-7,10,12H,3-5H2,1-2H3,(H,11,13)(H,14,15). The summed E-state index contributed by atoms with van der Waals surface area (Å²) in [5, 5.41) is 22.4. The van der Waals surface area contributed by atoms with Gasteiger partial charge in [0.1, 0.15) is 6.04 Å². The van der Waals surface area contributed by atoms with Crippen LogP contribution >= 0.6 is 0 Å². The van der Waals surface area contributed by atoms with Gasteiger partial charge in [0, 0.05) is 19.1 Å². The fourth-order valence-corrected chi connectivity index (χ4v) is 0.929. The van der Waals surface area contributed by atoms with E-state index in [0.29, 0.717) is 0 Å². The zero-order valence-electron chi connectivity index (χ0n) is 8.99. The van der Waals surface area contributed by atoms with E-state index in [2.05, 4.69) is 10.6 Å². The molecular formula is C9H18N2O4. The molecule has 0 heterocycles. The summed E-state index contributed by atoms with van der Waals surface area (Å²) < 4.78 is 0. The third kappa shape index (κ3) is 6.87. The van der Waals surface area contributed by atoms with Crippen LogP contribution in [0.2, 0.25) is 0 Å². The molecule has 6 nitrogen and oxygen atoms in total. The second kappa shape index (κ2) is 7.19. The predicted molar refractivity (Wildman–Crippen MR) is 54.4 cm³/mol. The summed E-state index contributed by atoms with van der Waals surface area (Å²) >= 11 is 0. The van der Waals surface area contributed by atoms with E-state index in [0.717, 1.165) is 0 Å². The molecule has 0 aliphatic heterocycles. The molecule has 0 fully saturated rings. The van der Waals surface area contributed by atoms with Crippen molar-refractivity contribution in [1.29, 1.82) is 0 Å². The number of aliphatic carboxylic acids is 1. The number of carboxylic acid groups (broad SMARTS) is 1. The average Bonchev–Trinajstić information content (AvgIpc) is 2.14. The Morgan fingerprint density at radius 1 is 1.33 bits per heavy atom. The molecular weight excluding hydrogens is 200 g/mol. The van der Waals surface area contributed by atoms with Crippen LogP contribution in [-0.4, -0.2) is 47.3 Å². The second-order valence-electron chi connectivity index (χ2n) is 3.51. The molecule has 0 aromatic carbocycles. The van der Waals surface area contributed by atoms with Crippen LogP contribution in [0.15, 0.2) is 0 Å². The van der Waals surface area contributed by atoms with E-state index in [-0.39, 0.29) is 31.5 Å². The van der Waals surface area contributed by atoms with Crippen molar-refractivity contribution >= 4 is 11.9 Å². The highest BCUT2D eigenvalue weighted by atomic mass is 16.4. The molecule has 0 radical (unpaired) electrons. The molecule has 0 saturated heterocycles. The second-order valence-corrected chi connectivity index (χ2v) is 3.51. The van der Waals surface area contributed by atoms with Crippen molar-refractivity contribution in [2.75, 3.05) is 13.2 Å². The average molecular weight is 218 g/mol. The van der Waals surface area contributed by atoms with Crippen LogP contribution in [0.3, 0.4) is 0 Å². The summed E-state index contributed by atoms with van der Waals surface area (Å²) in [5.74, 6) is -1.52. The molecule has 15 heavy (non-hydrogen) atoms. The molecule has 0 aliphatic rings. The number of carbonyl (C=O) groups excluding carboxylic acids is 1. The molecule has 1 amide bonds. The van der Waals surface area contributed by atoms with E-state index in [9.17, 15) is 9.59 Å². The first-order valence-electron chi connectivity index (χ1n) is 4.83. The predicted octanol–water partition coefficient (Wildman–Crippen LogP) is -1.06. The number of hydrogen-bond donors (Lipinski definition) is 4. The highest BCUT2D eigenvalue weighted by Gasteiger charge is 2.18. The number of nitrogens with one attached hydrogen (secondary N) is 2. The molecule has 0 saturated carbocycles. The van der Waals surface area contributed by atoms with Gasteiger partial charge in [0.25, 0.3) is 0 Å². The summed E-state index contributed by atoms with van der Waals surface area (Å²) in [6, 6.07) is -0.853. The van der Waals surface area contributed by atoms with E-state index >= 15 is 0 Å². The van der Waals surface area contributed by atoms with Crippen molar-refractivity contribution in [3.05, 3.63) is 0 Å². The Morgan fingerprint density at radius 3 is 2.33 bits per heavy atom. The Kier molecular flexibility index (Phi) is 6.64. The van der Waals surface area contributed by atoms with E-state index in [1.807, 2.05) is 13.8 Å². The van der Waals surface area contributed by atoms with Gasteiger partial charge in [0.05, 0.1) is 6.54 Å². The lowest BCUT2D eigenvalue weighted by atomic mass is 10.2. The SMILES string of the molecule is CC(C)NCC(=O)NC(CCO)C(=O)O. The summed E-state index contributed by atoms with van der Waals surface area (Å²) in [6.07, 6.45) is 0.0166. The minimum absolute atomic E-state index is 0.0166. The Balaban J connectivity index is 3.94. The maximum Gasteiger partial charge on any atom is 0.326 e. The third-order valence-corrected chi connectivity index (χ3v) is 1.72. The summed E-state index contributed by atoms with van der Waals surface area (Å²) in [4.78, 5) is 21.8. The number of rotatable bonds is 7. The number of carboxylic acids is 1. The number of aliphatic hydroxyl groups excluding tert-OH is 1. The normalized spacial score (nSPS) is 12.5. The Labute approximate surface area is 88.7 Å². The first kappa shape index (κ1) is 13.9. The smallest absolute Gasteiger partial charge is 0.326 e. The fourth-order valence-electron chi connectivity index (χ4n) is 0.929. The van der Waals surface area contributed by atoms with Crippen LogP contribution in [-0.2, 0) is 9.59 Å². The number of amides is 1. The van der Waals surface area contributed by atoms with Gasteiger partial charge in [-0.05, 0) is 0 Å². The van der Waals surface area contributed by atoms with Gasteiger partial charge in [-0.3, -0.25) is 4.79 Å². The monoisotopic (exact) mass is 218 g/mol. The molecule has 88 valence electrons. The van der Waals surface area contributed by atoms with Crippen LogP contribution in [0, 0.1) is 0 Å². The minimum atomic E-state index is -1.14. The summed E-state index contributed by atoms with van der Waals surface area (Å²) in [7, 11) is 0. The first-order valence-corrected chi connectivity index (χ1v) is 4.83. The lowest BCUT2D eigenvalue weighted by molar-refractivity contribution is -0.142. The van der Waals surface area contributed by atoms with Gasteiger partial charge in [0.15, 0.2) is 0 Å². The fraction of sp³-hybridized carbons (Fsp3) is 0.778. The van der Waals surface area contributed by atoms with E-state index in [1.54, 1.807) is 0 Å². The van der Waals surface area contributed by atoms with Gasteiger partial charge in [-0.1, -0.05) is 13.8 Å². The molecule has 0 spiro atoms. The summed E-state index contributed by atoms with van der Waals surface area (Å²) in [6.45, 7) is 3.58.